The predicted octanol–water partition coefficient (Wildman–Crippen LogP) is 2.38. The van der Waals surface area contributed by atoms with Crippen molar-refractivity contribution in [1.29, 1.82) is 0 Å². The Hall–Kier alpha value is -1.84. The highest BCUT2D eigenvalue weighted by Gasteiger charge is 2.08. The fourth-order valence-corrected chi connectivity index (χ4v) is 1.23. The maximum atomic E-state index is 10.8. The summed E-state index contributed by atoms with van der Waals surface area (Å²) in [5, 5.41) is 8.75. The minimum Gasteiger partial charge on any atom is -0.493 e. The molecule has 0 saturated heterocycles. The van der Waals surface area contributed by atoms with E-state index in [9.17, 15) is 9.59 Å². The molecule has 1 aromatic carbocycles. The van der Waals surface area contributed by atoms with Crippen LogP contribution in [0.15, 0.2) is 18.2 Å². The number of carbonyl (C=O) groups excluding carboxylic acids is 1. The number of unbranched alkanes of at least 4 members (excludes halogenated alkanes) is 1. The van der Waals surface area contributed by atoms with E-state index in [0.717, 1.165) is 12.8 Å². The zero-order valence-corrected chi connectivity index (χ0v) is 9.10. The molecule has 0 aliphatic heterocycles. The monoisotopic (exact) mass is 222 g/mol. The van der Waals surface area contributed by atoms with Crippen LogP contribution in [-0.4, -0.2) is 24.0 Å². The van der Waals surface area contributed by atoms with Gasteiger partial charge in [-0.25, -0.2) is 4.79 Å². The summed E-state index contributed by atoms with van der Waals surface area (Å²) in [5.41, 5.74) is 0.362. The number of benzene rings is 1. The third-order valence-corrected chi connectivity index (χ3v) is 2.14. The highest BCUT2D eigenvalue weighted by Crippen LogP contribution is 2.18. The van der Waals surface area contributed by atoms with E-state index in [2.05, 4.69) is 0 Å². The lowest BCUT2D eigenvalue weighted by molar-refractivity contribution is 0.0697. The summed E-state index contributed by atoms with van der Waals surface area (Å²) in [6.45, 7) is 2.57. The molecule has 0 saturated carbocycles. The van der Waals surface area contributed by atoms with Crippen molar-refractivity contribution < 1.29 is 19.4 Å². The zero-order valence-electron chi connectivity index (χ0n) is 9.10. The molecule has 1 N–H and O–H groups in total. The quantitative estimate of drug-likeness (QED) is 0.592. The number of ether oxygens (including phenoxy) is 1. The normalized spacial score (nSPS) is 9.81. The molecule has 0 spiro atoms. The van der Waals surface area contributed by atoms with Crippen molar-refractivity contribution in [2.75, 3.05) is 6.61 Å². The fraction of sp³-hybridized carbons (Fsp3) is 0.333. The number of carboxylic acid groups (broad SMARTS) is 1. The van der Waals surface area contributed by atoms with E-state index in [1.54, 1.807) is 0 Å². The van der Waals surface area contributed by atoms with Crippen molar-refractivity contribution in [2.24, 2.45) is 0 Å². The molecular weight excluding hydrogens is 208 g/mol. The van der Waals surface area contributed by atoms with Crippen LogP contribution >= 0.6 is 0 Å². The molecule has 4 heteroatoms. The van der Waals surface area contributed by atoms with Crippen LogP contribution in [0, 0.1) is 0 Å². The molecule has 0 fully saturated rings. The number of rotatable bonds is 6. The molecule has 1 rings (SSSR count). The Morgan fingerprint density at radius 3 is 2.81 bits per heavy atom. The van der Waals surface area contributed by atoms with Crippen LogP contribution < -0.4 is 4.74 Å². The van der Waals surface area contributed by atoms with Crippen LogP contribution in [0.3, 0.4) is 0 Å². The van der Waals surface area contributed by atoms with Crippen molar-refractivity contribution in [3.63, 3.8) is 0 Å². The van der Waals surface area contributed by atoms with E-state index in [-0.39, 0.29) is 11.1 Å². The van der Waals surface area contributed by atoms with E-state index >= 15 is 0 Å². The van der Waals surface area contributed by atoms with Gasteiger partial charge in [-0.3, -0.25) is 4.79 Å². The van der Waals surface area contributed by atoms with Crippen molar-refractivity contribution >= 4 is 12.3 Å². The number of aldehydes is 1. The first-order valence-corrected chi connectivity index (χ1v) is 5.14. The van der Waals surface area contributed by atoms with E-state index < -0.39 is 5.97 Å². The Morgan fingerprint density at radius 1 is 1.50 bits per heavy atom. The third-order valence-electron chi connectivity index (χ3n) is 2.14. The SMILES string of the molecule is CCCCOc1ccc(C(=O)O)cc1C=O. The van der Waals surface area contributed by atoms with Crippen LogP contribution in [0.1, 0.15) is 40.5 Å². The van der Waals surface area contributed by atoms with Gasteiger partial charge in [-0.05, 0) is 24.6 Å². The third kappa shape index (κ3) is 3.08. The molecule has 16 heavy (non-hydrogen) atoms. The number of carbonyl (C=O) groups is 2. The first-order valence-electron chi connectivity index (χ1n) is 5.14. The first kappa shape index (κ1) is 12.2. The van der Waals surface area contributed by atoms with Gasteiger partial charge in [0.2, 0.25) is 0 Å². The van der Waals surface area contributed by atoms with Gasteiger partial charge in [0.15, 0.2) is 6.29 Å². The standard InChI is InChI=1S/C12H14O4/c1-2-3-6-16-11-5-4-9(12(14)15)7-10(11)8-13/h4-5,7-8H,2-3,6H2,1H3,(H,14,15). The molecule has 0 heterocycles. The molecule has 0 aliphatic carbocycles. The van der Waals surface area contributed by atoms with Gasteiger partial charge in [-0.1, -0.05) is 13.3 Å². The van der Waals surface area contributed by atoms with Crippen LogP contribution in [0.2, 0.25) is 0 Å². The Labute approximate surface area is 93.9 Å². The predicted molar refractivity (Wildman–Crippen MR) is 59.2 cm³/mol. The summed E-state index contributed by atoms with van der Waals surface area (Å²) in [6, 6.07) is 4.26. The maximum absolute atomic E-state index is 10.8. The topological polar surface area (TPSA) is 63.6 Å². The summed E-state index contributed by atoms with van der Waals surface area (Å²) in [5.74, 6) is -0.614. The maximum Gasteiger partial charge on any atom is 0.335 e. The largest absolute Gasteiger partial charge is 0.493 e. The van der Waals surface area contributed by atoms with Gasteiger partial charge in [-0.15, -0.1) is 0 Å². The summed E-state index contributed by atoms with van der Waals surface area (Å²) >= 11 is 0. The van der Waals surface area contributed by atoms with Gasteiger partial charge in [0.25, 0.3) is 0 Å². The number of hydrogen-bond acceptors (Lipinski definition) is 3. The Kier molecular flexibility index (Phi) is 4.51. The average Bonchev–Trinajstić information content (AvgIpc) is 2.29. The van der Waals surface area contributed by atoms with Crippen LogP contribution in [0.5, 0.6) is 5.75 Å². The molecule has 0 amide bonds. The van der Waals surface area contributed by atoms with Gasteiger partial charge in [0.1, 0.15) is 5.75 Å². The molecule has 4 nitrogen and oxygen atoms in total. The lowest BCUT2D eigenvalue weighted by Gasteiger charge is -2.08. The molecule has 0 aliphatic rings. The lowest BCUT2D eigenvalue weighted by Crippen LogP contribution is -2.02. The average molecular weight is 222 g/mol. The summed E-state index contributed by atoms with van der Waals surface area (Å²) in [4.78, 5) is 21.4. The highest BCUT2D eigenvalue weighted by atomic mass is 16.5. The smallest absolute Gasteiger partial charge is 0.335 e. The van der Waals surface area contributed by atoms with Crippen LogP contribution in [0.25, 0.3) is 0 Å². The Balaban J connectivity index is 2.84. The summed E-state index contributed by atoms with van der Waals surface area (Å²) < 4.78 is 5.38. The van der Waals surface area contributed by atoms with Crippen molar-refractivity contribution in [3.8, 4) is 5.75 Å². The second kappa shape index (κ2) is 5.90. The van der Waals surface area contributed by atoms with Gasteiger partial charge in [-0.2, -0.15) is 0 Å². The Morgan fingerprint density at radius 2 is 2.25 bits per heavy atom. The summed E-state index contributed by atoms with van der Waals surface area (Å²) in [6.07, 6.45) is 2.51. The minimum atomic E-state index is -1.05. The Bertz CT molecular complexity index is 385. The van der Waals surface area contributed by atoms with E-state index in [4.69, 9.17) is 9.84 Å². The van der Waals surface area contributed by atoms with Crippen molar-refractivity contribution in [2.45, 2.75) is 19.8 Å². The second-order valence-electron chi connectivity index (χ2n) is 3.38. The van der Waals surface area contributed by atoms with Gasteiger partial charge >= 0.3 is 5.97 Å². The van der Waals surface area contributed by atoms with E-state index in [1.807, 2.05) is 6.92 Å². The van der Waals surface area contributed by atoms with Crippen LogP contribution in [-0.2, 0) is 0 Å². The molecule has 0 unspecified atom stereocenters. The molecule has 0 bridgehead atoms. The van der Waals surface area contributed by atoms with Gasteiger partial charge < -0.3 is 9.84 Å². The van der Waals surface area contributed by atoms with E-state index in [1.165, 1.54) is 18.2 Å². The lowest BCUT2D eigenvalue weighted by atomic mass is 10.1. The minimum absolute atomic E-state index is 0.0879. The molecule has 0 aromatic heterocycles. The highest BCUT2D eigenvalue weighted by molar-refractivity contribution is 5.91. The zero-order chi connectivity index (χ0) is 12.0. The first-order chi connectivity index (χ1) is 7.69. The molecule has 1 aromatic rings. The second-order valence-corrected chi connectivity index (χ2v) is 3.38. The summed E-state index contributed by atoms with van der Waals surface area (Å²) in [7, 11) is 0. The van der Waals surface area contributed by atoms with E-state index in [0.29, 0.717) is 18.6 Å². The van der Waals surface area contributed by atoms with Gasteiger partial charge in [0, 0.05) is 0 Å². The van der Waals surface area contributed by atoms with Crippen molar-refractivity contribution in [3.05, 3.63) is 29.3 Å². The molecular formula is C12H14O4. The van der Waals surface area contributed by atoms with Gasteiger partial charge in [0.05, 0.1) is 17.7 Å². The number of hydrogen-bond donors (Lipinski definition) is 1. The number of aromatic carboxylic acids is 1. The molecule has 0 radical (unpaired) electrons. The number of carboxylic acids is 1. The van der Waals surface area contributed by atoms with Crippen molar-refractivity contribution in [1.82, 2.24) is 0 Å². The molecule has 0 atom stereocenters. The fourth-order valence-electron chi connectivity index (χ4n) is 1.23. The molecule has 86 valence electrons. The van der Waals surface area contributed by atoms with Crippen LogP contribution in [0.4, 0.5) is 0 Å².